The SMILES string of the molecule is c1ccc(-c2cc(-c3cc4c5c(c3)-c3cccc6cccc(c36)CCC5c3ccccc3-4)nc(-c3ncc4oc5ccccc5c4n3)c2)cc1. The van der Waals surface area contributed by atoms with E-state index in [1.807, 2.05) is 24.3 Å². The van der Waals surface area contributed by atoms with Crippen LogP contribution in [0.25, 0.3) is 89.0 Å². The van der Waals surface area contributed by atoms with Crippen molar-refractivity contribution in [3.8, 4) is 56.2 Å². The molecule has 0 saturated heterocycles. The summed E-state index contributed by atoms with van der Waals surface area (Å²) in [4.78, 5) is 15.2. The average molecular weight is 640 g/mol. The standard InChI is InChI=1S/C46H29N3O/c1-2-10-27(11-3-1)30-24-39(48-40(25-30)46-47-26-42-45(49-46)36-17-6-7-19-41(36)50-42)31-22-37-33-16-5-4-15-32(33)35-21-20-29-13-8-12-28-14-9-18-34(43(28)29)38(23-31)44(35)37/h1-19,22-26,35H,20-21H2. The summed E-state index contributed by atoms with van der Waals surface area (Å²) in [6.45, 7) is 0. The molecule has 234 valence electrons. The van der Waals surface area contributed by atoms with Crippen LogP contribution < -0.4 is 0 Å². The molecular weight excluding hydrogens is 611 g/mol. The minimum atomic E-state index is 0.345. The van der Waals surface area contributed by atoms with Crippen LogP contribution in [0.5, 0.6) is 0 Å². The fraction of sp³-hybridized carbons (Fsp3) is 0.0652. The maximum absolute atomic E-state index is 6.06. The van der Waals surface area contributed by atoms with Gasteiger partial charge in [-0.05, 0) is 110 Å². The Bertz CT molecular complexity index is 2830. The molecule has 50 heavy (non-hydrogen) atoms. The number of para-hydroxylation sites is 1. The maximum atomic E-state index is 6.06. The second-order valence-corrected chi connectivity index (χ2v) is 13.5. The van der Waals surface area contributed by atoms with Crippen LogP contribution in [-0.4, -0.2) is 15.0 Å². The predicted molar refractivity (Wildman–Crippen MR) is 202 cm³/mol. The van der Waals surface area contributed by atoms with Crippen molar-refractivity contribution in [2.45, 2.75) is 18.8 Å². The minimum Gasteiger partial charge on any atom is -0.453 e. The molecule has 0 bridgehead atoms. The average Bonchev–Trinajstić information content (AvgIpc) is 3.71. The van der Waals surface area contributed by atoms with E-state index in [1.165, 1.54) is 49.7 Å². The minimum absolute atomic E-state index is 0.345. The molecule has 0 fully saturated rings. The van der Waals surface area contributed by atoms with E-state index >= 15 is 0 Å². The smallest absolute Gasteiger partial charge is 0.178 e. The molecule has 0 N–H and O–H groups in total. The van der Waals surface area contributed by atoms with Crippen molar-refractivity contribution < 1.29 is 4.42 Å². The van der Waals surface area contributed by atoms with Gasteiger partial charge >= 0.3 is 0 Å². The molecule has 0 spiro atoms. The highest BCUT2D eigenvalue weighted by Gasteiger charge is 2.33. The number of hydrogen-bond donors (Lipinski definition) is 0. The summed E-state index contributed by atoms with van der Waals surface area (Å²) in [5, 5.41) is 3.63. The number of hydrogen-bond acceptors (Lipinski definition) is 4. The summed E-state index contributed by atoms with van der Waals surface area (Å²) in [5.74, 6) is 0.918. The van der Waals surface area contributed by atoms with Gasteiger partial charge in [-0.3, -0.25) is 0 Å². The van der Waals surface area contributed by atoms with Crippen molar-refractivity contribution in [1.29, 1.82) is 0 Å². The Labute approximate surface area is 288 Å². The van der Waals surface area contributed by atoms with Gasteiger partial charge in [0.15, 0.2) is 11.4 Å². The van der Waals surface area contributed by atoms with Gasteiger partial charge in [-0.1, -0.05) is 103 Å². The number of fused-ring (bicyclic) bond motifs is 7. The lowest BCUT2D eigenvalue weighted by Crippen LogP contribution is -2.05. The van der Waals surface area contributed by atoms with Gasteiger partial charge in [0, 0.05) is 16.9 Å². The van der Waals surface area contributed by atoms with Gasteiger partial charge in [0.25, 0.3) is 0 Å². The van der Waals surface area contributed by atoms with Gasteiger partial charge in [-0.25, -0.2) is 15.0 Å². The molecule has 2 aliphatic rings. The van der Waals surface area contributed by atoms with Crippen molar-refractivity contribution in [3.05, 3.63) is 162 Å². The third-order valence-corrected chi connectivity index (χ3v) is 10.7. The number of benzene rings is 6. The molecule has 11 rings (SSSR count). The topological polar surface area (TPSA) is 51.8 Å². The van der Waals surface area contributed by atoms with Gasteiger partial charge in [-0.2, -0.15) is 0 Å². The summed E-state index contributed by atoms with van der Waals surface area (Å²) in [6.07, 6.45) is 3.90. The van der Waals surface area contributed by atoms with Crippen LogP contribution in [0.4, 0.5) is 0 Å². The molecule has 6 aromatic carbocycles. The van der Waals surface area contributed by atoms with E-state index in [4.69, 9.17) is 19.4 Å². The van der Waals surface area contributed by atoms with Gasteiger partial charge in [0.05, 0.1) is 11.9 Å². The normalized spacial score (nSPS) is 14.4. The Morgan fingerprint density at radius 1 is 0.560 bits per heavy atom. The Morgan fingerprint density at radius 2 is 1.32 bits per heavy atom. The molecule has 4 heteroatoms. The third-order valence-electron chi connectivity index (χ3n) is 10.7. The van der Waals surface area contributed by atoms with Crippen molar-refractivity contribution in [3.63, 3.8) is 0 Å². The second-order valence-electron chi connectivity index (χ2n) is 13.5. The molecule has 3 aromatic heterocycles. The van der Waals surface area contributed by atoms with Gasteiger partial charge in [0.1, 0.15) is 16.8 Å². The number of aryl methyl sites for hydroxylation is 1. The highest BCUT2D eigenvalue weighted by atomic mass is 16.3. The van der Waals surface area contributed by atoms with Crippen LogP contribution >= 0.6 is 0 Å². The predicted octanol–water partition coefficient (Wildman–Crippen LogP) is 11.7. The summed E-state index contributed by atoms with van der Waals surface area (Å²) >= 11 is 0. The Hall–Kier alpha value is -6.39. The summed E-state index contributed by atoms with van der Waals surface area (Å²) in [6, 6.07) is 50.1. The van der Waals surface area contributed by atoms with Gasteiger partial charge in [0.2, 0.25) is 0 Å². The summed E-state index contributed by atoms with van der Waals surface area (Å²) in [7, 11) is 0. The number of aromatic nitrogens is 3. The molecule has 3 heterocycles. The van der Waals surface area contributed by atoms with Gasteiger partial charge < -0.3 is 4.42 Å². The van der Waals surface area contributed by atoms with Crippen LogP contribution in [0.2, 0.25) is 0 Å². The van der Waals surface area contributed by atoms with E-state index in [0.717, 1.165) is 57.4 Å². The van der Waals surface area contributed by atoms with E-state index in [0.29, 0.717) is 17.3 Å². The van der Waals surface area contributed by atoms with E-state index in [-0.39, 0.29) is 0 Å². The number of furan rings is 1. The zero-order valence-electron chi connectivity index (χ0n) is 27.1. The molecule has 2 aliphatic carbocycles. The Balaban J connectivity index is 1.19. The van der Waals surface area contributed by atoms with Crippen LogP contribution in [0.15, 0.2) is 150 Å². The fourth-order valence-electron chi connectivity index (χ4n) is 8.50. The second kappa shape index (κ2) is 10.6. The molecular formula is C46H29N3O. The van der Waals surface area contributed by atoms with E-state index in [2.05, 4.69) is 115 Å². The first kappa shape index (κ1) is 27.5. The monoisotopic (exact) mass is 639 g/mol. The Morgan fingerprint density at radius 3 is 2.24 bits per heavy atom. The fourth-order valence-corrected chi connectivity index (χ4v) is 8.50. The zero-order chi connectivity index (χ0) is 32.8. The largest absolute Gasteiger partial charge is 0.453 e. The lowest BCUT2D eigenvalue weighted by Gasteiger charge is -2.24. The quantitative estimate of drug-likeness (QED) is 0.193. The molecule has 0 saturated carbocycles. The van der Waals surface area contributed by atoms with Crippen molar-refractivity contribution in [2.75, 3.05) is 0 Å². The number of rotatable bonds is 3. The van der Waals surface area contributed by atoms with Crippen LogP contribution in [-0.2, 0) is 6.42 Å². The van der Waals surface area contributed by atoms with Crippen molar-refractivity contribution in [2.24, 2.45) is 0 Å². The molecule has 4 nitrogen and oxygen atoms in total. The van der Waals surface area contributed by atoms with Crippen molar-refractivity contribution in [1.82, 2.24) is 15.0 Å². The highest BCUT2D eigenvalue weighted by molar-refractivity contribution is 6.04. The first-order valence-corrected chi connectivity index (χ1v) is 17.3. The van der Waals surface area contributed by atoms with E-state index in [9.17, 15) is 0 Å². The Kier molecular flexibility index (Phi) is 5.81. The molecule has 0 amide bonds. The van der Waals surface area contributed by atoms with Crippen LogP contribution in [0.3, 0.4) is 0 Å². The van der Waals surface area contributed by atoms with Crippen molar-refractivity contribution >= 4 is 32.8 Å². The van der Waals surface area contributed by atoms with Crippen LogP contribution in [0, 0.1) is 0 Å². The molecule has 1 unspecified atom stereocenters. The molecule has 0 radical (unpaired) electrons. The third kappa shape index (κ3) is 4.08. The van der Waals surface area contributed by atoms with Crippen LogP contribution in [0.1, 0.15) is 29.0 Å². The molecule has 1 atom stereocenters. The molecule has 9 aromatic rings. The lowest BCUT2D eigenvalue weighted by atomic mass is 9.80. The first-order valence-electron chi connectivity index (χ1n) is 17.3. The lowest BCUT2D eigenvalue weighted by molar-refractivity contribution is 0.666. The highest BCUT2D eigenvalue weighted by Crippen LogP contribution is 2.54. The van der Waals surface area contributed by atoms with Gasteiger partial charge in [-0.15, -0.1) is 0 Å². The maximum Gasteiger partial charge on any atom is 0.178 e. The van der Waals surface area contributed by atoms with E-state index in [1.54, 1.807) is 6.20 Å². The number of nitrogens with zero attached hydrogens (tertiary/aromatic N) is 3. The summed E-state index contributed by atoms with van der Waals surface area (Å²) < 4.78 is 6.06. The zero-order valence-corrected chi connectivity index (χ0v) is 27.1. The summed E-state index contributed by atoms with van der Waals surface area (Å²) in [5.41, 5.74) is 16.7. The number of pyridine rings is 1. The molecule has 0 aliphatic heterocycles. The van der Waals surface area contributed by atoms with E-state index < -0.39 is 0 Å². The first-order chi connectivity index (χ1) is 24.8.